The monoisotopic (exact) mass is 318 g/mol. The molecule has 0 aliphatic heterocycles. The van der Waals surface area contributed by atoms with Crippen molar-refractivity contribution in [2.24, 2.45) is 4.99 Å². The van der Waals surface area contributed by atoms with Crippen molar-refractivity contribution in [2.75, 3.05) is 7.11 Å². The Hall–Kier alpha value is -3.39. The van der Waals surface area contributed by atoms with E-state index >= 15 is 0 Å². The zero-order valence-corrected chi connectivity index (χ0v) is 13.0. The second-order valence-corrected chi connectivity index (χ2v) is 5.22. The number of aliphatic hydroxyl groups excluding tert-OH is 1. The molecule has 0 atom stereocenters. The third-order valence-corrected chi connectivity index (χ3v) is 3.81. The number of ether oxygens (including phenoxy) is 1. The van der Waals surface area contributed by atoms with Crippen molar-refractivity contribution < 1.29 is 14.6 Å². The lowest BCUT2D eigenvalue weighted by atomic mass is 10.1. The van der Waals surface area contributed by atoms with E-state index in [-0.39, 0.29) is 29.4 Å². The summed E-state index contributed by atoms with van der Waals surface area (Å²) in [5.41, 5.74) is 1.59. The molecule has 5 nitrogen and oxygen atoms in total. The van der Waals surface area contributed by atoms with Crippen LogP contribution < -0.4 is 4.74 Å². The smallest absolute Gasteiger partial charge is 0.200 e. The molecule has 1 N–H and O–H groups in total. The number of ketones is 1. The van der Waals surface area contributed by atoms with Crippen molar-refractivity contribution >= 4 is 17.3 Å². The highest BCUT2D eigenvalue weighted by molar-refractivity contribution is 6.39. The van der Waals surface area contributed by atoms with E-state index in [0.717, 1.165) is 11.3 Å². The molecule has 118 valence electrons. The predicted octanol–water partition coefficient (Wildman–Crippen LogP) is 3.33. The number of aliphatic hydroxyl groups is 1. The van der Waals surface area contributed by atoms with Gasteiger partial charge < -0.3 is 9.84 Å². The summed E-state index contributed by atoms with van der Waals surface area (Å²) in [6, 6.07) is 15.9. The van der Waals surface area contributed by atoms with E-state index in [0.29, 0.717) is 11.1 Å². The maximum Gasteiger partial charge on any atom is 0.200 e. The van der Waals surface area contributed by atoms with Gasteiger partial charge >= 0.3 is 0 Å². The number of rotatable bonds is 4. The number of nitriles is 1. The number of aliphatic imine (C=N–C) groups is 1. The average molecular weight is 318 g/mol. The van der Waals surface area contributed by atoms with Crippen molar-refractivity contribution in [3.63, 3.8) is 0 Å². The van der Waals surface area contributed by atoms with Gasteiger partial charge in [-0.3, -0.25) is 9.79 Å². The Morgan fingerprint density at radius 3 is 2.42 bits per heavy atom. The van der Waals surface area contributed by atoms with Crippen molar-refractivity contribution in [2.45, 2.75) is 6.54 Å². The molecule has 1 aliphatic carbocycles. The predicted molar refractivity (Wildman–Crippen MR) is 90.1 cm³/mol. The molecule has 0 heterocycles. The van der Waals surface area contributed by atoms with Gasteiger partial charge in [-0.25, -0.2) is 0 Å². The van der Waals surface area contributed by atoms with E-state index in [4.69, 9.17) is 4.74 Å². The SMILES string of the molecule is COc1ccc(CN=C(C#N)C2=C(O)c3ccccc3C2=O)cc1. The van der Waals surface area contributed by atoms with Gasteiger partial charge in [0.05, 0.1) is 13.7 Å². The van der Waals surface area contributed by atoms with Crippen molar-refractivity contribution in [1.29, 1.82) is 5.26 Å². The van der Waals surface area contributed by atoms with E-state index in [2.05, 4.69) is 4.99 Å². The Morgan fingerprint density at radius 2 is 1.83 bits per heavy atom. The highest BCUT2D eigenvalue weighted by Gasteiger charge is 2.32. The van der Waals surface area contributed by atoms with Gasteiger partial charge in [-0.05, 0) is 17.7 Å². The van der Waals surface area contributed by atoms with Crippen LogP contribution in [0.15, 0.2) is 59.1 Å². The molecule has 24 heavy (non-hydrogen) atoms. The zero-order chi connectivity index (χ0) is 17.1. The van der Waals surface area contributed by atoms with Crippen LogP contribution in [0.4, 0.5) is 0 Å². The average Bonchev–Trinajstić information content (AvgIpc) is 2.88. The lowest BCUT2D eigenvalue weighted by molar-refractivity contribution is 0.104. The molecule has 2 aromatic rings. The van der Waals surface area contributed by atoms with Crippen LogP contribution >= 0.6 is 0 Å². The van der Waals surface area contributed by atoms with Crippen LogP contribution in [0, 0.1) is 11.3 Å². The second-order valence-electron chi connectivity index (χ2n) is 5.22. The maximum absolute atomic E-state index is 12.4. The number of allylic oxidation sites excluding steroid dienone is 1. The highest BCUT2D eigenvalue weighted by Crippen LogP contribution is 2.31. The third kappa shape index (κ3) is 2.66. The van der Waals surface area contributed by atoms with Crippen LogP contribution in [0.25, 0.3) is 5.76 Å². The molecule has 0 saturated heterocycles. The lowest BCUT2D eigenvalue weighted by Crippen LogP contribution is -2.09. The molecule has 0 spiro atoms. The summed E-state index contributed by atoms with van der Waals surface area (Å²) in [5, 5.41) is 19.7. The topological polar surface area (TPSA) is 82.7 Å². The molecule has 0 amide bonds. The summed E-state index contributed by atoms with van der Waals surface area (Å²) in [6.45, 7) is 0.229. The molecular weight excluding hydrogens is 304 g/mol. The summed E-state index contributed by atoms with van der Waals surface area (Å²) < 4.78 is 5.09. The number of benzene rings is 2. The number of hydrogen-bond donors (Lipinski definition) is 1. The van der Waals surface area contributed by atoms with Crippen LogP contribution in [0.1, 0.15) is 21.5 Å². The van der Waals surface area contributed by atoms with Crippen LogP contribution in [-0.4, -0.2) is 23.7 Å². The van der Waals surface area contributed by atoms with Gasteiger partial charge in [0.2, 0.25) is 0 Å². The highest BCUT2D eigenvalue weighted by atomic mass is 16.5. The zero-order valence-electron chi connectivity index (χ0n) is 13.0. The van der Waals surface area contributed by atoms with Gasteiger partial charge in [0.1, 0.15) is 23.2 Å². The summed E-state index contributed by atoms with van der Waals surface area (Å²) in [5.74, 6) is 0.161. The van der Waals surface area contributed by atoms with Crippen LogP contribution in [0.2, 0.25) is 0 Å². The lowest BCUT2D eigenvalue weighted by Gasteiger charge is -2.02. The Labute approximate surface area is 139 Å². The minimum atomic E-state index is -0.377. The van der Waals surface area contributed by atoms with Gasteiger partial charge in [0.15, 0.2) is 11.5 Å². The molecule has 3 rings (SSSR count). The standard InChI is InChI=1S/C19H14N2O3/c1-24-13-8-6-12(7-9-13)11-21-16(10-20)17-18(22)14-4-2-3-5-15(14)19(17)23/h2-9,22H,11H2,1H3. The van der Waals surface area contributed by atoms with Crippen LogP contribution in [-0.2, 0) is 6.54 Å². The van der Waals surface area contributed by atoms with Gasteiger partial charge in [0.25, 0.3) is 0 Å². The first kappa shape index (κ1) is 15.5. The van der Waals surface area contributed by atoms with E-state index in [1.807, 2.05) is 18.2 Å². The quantitative estimate of drug-likeness (QED) is 0.877. The van der Waals surface area contributed by atoms with Gasteiger partial charge in [0, 0.05) is 11.1 Å². The number of fused-ring (bicyclic) bond motifs is 1. The summed E-state index contributed by atoms with van der Waals surface area (Å²) in [7, 11) is 1.58. The largest absolute Gasteiger partial charge is 0.506 e. The van der Waals surface area contributed by atoms with E-state index in [9.17, 15) is 15.2 Å². The van der Waals surface area contributed by atoms with E-state index in [1.165, 1.54) is 0 Å². The first-order valence-corrected chi connectivity index (χ1v) is 7.31. The van der Waals surface area contributed by atoms with Crippen molar-refractivity contribution in [3.05, 3.63) is 70.8 Å². The number of carbonyl (C=O) groups is 1. The number of carbonyl (C=O) groups excluding carboxylic acids is 1. The Kier molecular flexibility index (Phi) is 4.13. The summed E-state index contributed by atoms with van der Waals surface area (Å²) in [6.07, 6.45) is 0. The maximum atomic E-state index is 12.4. The Bertz CT molecular complexity index is 903. The fourth-order valence-corrected chi connectivity index (χ4v) is 2.56. The molecular formula is C19H14N2O3. The molecule has 0 saturated carbocycles. The minimum Gasteiger partial charge on any atom is -0.506 e. The molecule has 5 heteroatoms. The molecule has 0 bridgehead atoms. The first-order valence-electron chi connectivity index (χ1n) is 7.31. The van der Waals surface area contributed by atoms with Gasteiger partial charge in [-0.1, -0.05) is 36.4 Å². The fourth-order valence-electron chi connectivity index (χ4n) is 2.56. The molecule has 0 aromatic heterocycles. The first-order chi connectivity index (χ1) is 11.7. The van der Waals surface area contributed by atoms with Crippen molar-refractivity contribution in [3.8, 4) is 11.8 Å². The normalized spacial score (nSPS) is 13.7. The second kappa shape index (κ2) is 6.39. The summed E-state index contributed by atoms with van der Waals surface area (Å²) >= 11 is 0. The minimum absolute atomic E-state index is 0.0350. The number of methoxy groups -OCH3 is 1. The molecule has 2 aromatic carbocycles. The fraction of sp³-hybridized carbons (Fsp3) is 0.105. The van der Waals surface area contributed by atoms with E-state index in [1.54, 1.807) is 43.5 Å². The van der Waals surface area contributed by atoms with Gasteiger partial charge in [-0.2, -0.15) is 5.26 Å². The Morgan fingerprint density at radius 1 is 1.17 bits per heavy atom. The third-order valence-electron chi connectivity index (χ3n) is 3.81. The van der Waals surface area contributed by atoms with Gasteiger partial charge in [-0.15, -0.1) is 0 Å². The summed E-state index contributed by atoms with van der Waals surface area (Å²) in [4.78, 5) is 16.6. The molecule has 1 aliphatic rings. The molecule has 0 unspecified atom stereocenters. The Balaban J connectivity index is 1.91. The number of Topliss-reactive ketones (excluding diaryl/α,β-unsaturated/α-hetero) is 1. The number of nitrogens with zero attached hydrogens (tertiary/aromatic N) is 2. The van der Waals surface area contributed by atoms with E-state index < -0.39 is 0 Å². The number of hydrogen-bond acceptors (Lipinski definition) is 5. The molecule has 0 fully saturated rings. The molecule has 0 radical (unpaired) electrons. The van der Waals surface area contributed by atoms with Crippen LogP contribution in [0.5, 0.6) is 5.75 Å². The van der Waals surface area contributed by atoms with Crippen molar-refractivity contribution in [1.82, 2.24) is 0 Å². The van der Waals surface area contributed by atoms with Crippen LogP contribution in [0.3, 0.4) is 0 Å².